The fourth-order valence-corrected chi connectivity index (χ4v) is 2.96. The van der Waals surface area contributed by atoms with Crippen LogP contribution < -0.4 is 10.2 Å². The molecule has 0 unspecified atom stereocenters. The number of nitrogens with one attached hydrogen (secondary N) is 1. The summed E-state index contributed by atoms with van der Waals surface area (Å²) >= 11 is 6.06. The molecule has 2 heterocycles. The van der Waals surface area contributed by atoms with Crippen molar-refractivity contribution in [3.8, 4) is 0 Å². The Labute approximate surface area is 137 Å². The summed E-state index contributed by atoms with van der Waals surface area (Å²) in [6.07, 6.45) is 0. The topological polar surface area (TPSA) is 41.1 Å². The van der Waals surface area contributed by atoms with Crippen molar-refractivity contribution >= 4 is 28.9 Å². The summed E-state index contributed by atoms with van der Waals surface area (Å²) in [5, 5.41) is 3.40. The molecule has 5 heteroatoms. The van der Waals surface area contributed by atoms with Crippen LogP contribution in [0.2, 0.25) is 5.28 Å². The van der Waals surface area contributed by atoms with E-state index in [0.29, 0.717) is 0 Å². The van der Waals surface area contributed by atoms with Crippen molar-refractivity contribution in [2.75, 3.05) is 23.8 Å². The summed E-state index contributed by atoms with van der Waals surface area (Å²) in [4.78, 5) is 11.0. The largest absolute Gasteiger partial charge is 0.373 e. The van der Waals surface area contributed by atoms with Gasteiger partial charge in [0.05, 0.1) is 0 Å². The van der Waals surface area contributed by atoms with Gasteiger partial charge in [0.15, 0.2) is 0 Å². The van der Waals surface area contributed by atoms with Gasteiger partial charge in [0.2, 0.25) is 5.28 Å². The molecule has 1 N–H and O–H groups in total. The first-order chi connectivity index (χ1) is 10.5. The summed E-state index contributed by atoms with van der Waals surface area (Å²) in [5.74, 6) is 1.70. The van der Waals surface area contributed by atoms with Crippen LogP contribution in [0.1, 0.15) is 33.3 Å². The molecule has 1 aliphatic rings. The molecule has 0 spiro atoms. The highest BCUT2D eigenvalue weighted by Crippen LogP contribution is 2.46. The predicted molar refractivity (Wildman–Crippen MR) is 94.4 cm³/mol. The van der Waals surface area contributed by atoms with Crippen LogP contribution in [0, 0.1) is 0 Å². The number of hydrogen-bond acceptors (Lipinski definition) is 4. The Bertz CT molecular complexity index is 641. The highest BCUT2D eigenvalue weighted by atomic mass is 35.5. The minimum atomic E-state index is -0.0336. The van der Waals surface area contributed by atoms with E-state index in [4.69, 9.17) is 11.6 Å². The molecule has 118 valence electrons. The summed E-state index contributed by atoms with van der Waals surface area (Å²) in [7, 11) is 1.86. The number of nitrogens with zero attached hydrogens (tertiary/aromatic N) is 3. The van der Waals surface area contributed by atoms with Crippen molar-refractivity contribution in [2.45, 2.75) is 33.1 Å². The zero-order chi connectivity index (χ0) is 16.3. The maximum atomic E-state index is 6.06. The highest BCUT2D eigenvalue weighted by Gasteiger charge is 2.40. The van der Waals surface area contributed by atoms with Crippen molar-refractivity contribution in [2.24, 2.45) is 0 Å². The van der Waals surface area contributed by atoms with Crippen LogP contribution in [0.25, 0.3) is 0 Å². The molecule has 22 heavy (non-hydrogen) atoms. The Hall–Kier alpha value is -1.81. The molecule has 0 atom stereocenters. The van der Waals surface area contributed by atoms with Gasteiger partial charge in [-0.25, -0.2) is 4.98 Å². The molecule has 0 radical (unpaired) electrons. The number of halogens is 1. The normalized spacial score (nSPS) is 14.9. The third-order valence-electron chi connectivity index (χ3n) is 3.65. The van der Waals surface area contributed by atoms with Crippen LogP contribution in [0.15, 0.2) is 30.3 Å². The molecule has 0 aliphatic carbocycles. The SMILES string of the molecule is CC.CNc1nc(Cl)nc2c1C(C)(C)CN2c1ccccc1. The molecule has 1 aromatic heterocycles. The van der Waals surface area contributed by atoms with Gasteiger partial charge in [-0.3, -0.25) is 0 Å². The number of rotatable bonds is 2. The molecule has 0 amide bonds. The molecular weight excluding hydrogens is 296 g/mol. The van der Waals surface area contributed by atoms with Gasteiger partial charge in [-0.05, 0) is 23.7 Å². The van der Waals surface area contributed by atoms with E-state index in [-0.39, 0.29) is 10.7 Å². The fraction of sp³-hybridized carbons (Fsp3) is 0.412. The van der Waals surface area contributed by atoms with E-state index < -0.39 is 0 Å². The lowest BCUT2D eigenvalue weighted by atomic mass is 9.88. The van der Waals surface area contributed by atoms with Crippen LogP contribution in [-0.4, -0.2) is 23.6 Å². The number of anilines is 3. The summed E-state index contributed by atoms with van der Waals surface area (Å²) in [6.45, 7) is 9.26. The monoisotopic (exact) mass is 318 g/mol. The van der Waals surface area contributed by atoms with Gasteiger partial charge in [-0.15, -0.1) is 0 Å². The first-order valence-corrected chi connectivity index (χ1v) is 7.99. The zero-order valence-electron chi connectivity index (χ0n) is 13.8. The highest BCUT2D eigenvalue weighted by molar-refractivity contribution is 6.28. The number of benzene rings is 1. The van der Waals surface area contributed by atoms with E-state index in [0.717, 1.165) is 29.4 Å². The van der Waals surface area contributed by atoms with Crippen molar-refractivity contribution in [3.05, 3.63) is 41.2 Å². The van der Waals surface area contributed by atoms with Crippen LogP contribution in [0.4, 0.5) is 17.3 Å². The standard InChI is InChI=1S/C15H17ClN4.C2H6/c1-15(2)9-20(10-7-5-4-6-8-10)13-11(15)12(17-3)18-14(16)19-13;1-2/h4-8H,9H2,1-3H3,(H,17,18,19);1-2H3. The summed E-state index contributed by atoms with van der Waals surface area (Å²) < 4.78 is 0. The Balaban J connectivity index is 0.000000847. The summed E-state index contributed by atoms with van der Waals surface area (Å²) in [6, 6.07) is 10.2. The maximum absolute atomic E-state index is 6.06. The molecule has 0 saturated heterocycles. The zero-order valence-corrected chi connectivity index (χ0v) is 14.6. The molecule has 0 saturated carbocycles. The van der Waals surface area contributed by atoms with Crippen LogP contribution in [0.3, 0.4) is 0 Å². The lowest BCUT2D eigenvalue weighted by molar-refractivity contribution is 0.569. The Kier molecular flexibility index (Phi) is 4.91. The third-order valence-corrected chi connectivity index (χ3v) is 3.82. The predicted octanol–water partition coefficient (Wildman–Crippen LogP) is 4.63. The molecule has 0 fully saturated rings. The number of hydrogen-bond donors (Lipinski definition) is 1. The van der Waals surface area contributed by atoms with Gasteiger partial charge < -0.3 is 10.2 Å². The van der Waals surface area contributed by atoms with Crippen molar-refractivity contribution in [1.29, 1.82) is 0 Å². The van der Waals surface area contributed by atoms with Crippen molar-refractivity contribution in [3.63, 3.8) is 0 Å². The van der Waals surface area contributed by atoms with E-state index >= 15 is 0 Å². The number of fused-ring (bicyclic) bond motifs is 1. The van der Waals surface area contributed by atoms with Gasteiger partial charge in [0.1, 0.15) is 11.6 Å². The molecule has 4 nitrogen and oxygen atoms in total. The van der Waals surface area contributed by atoms with Gasteiger partial charge >= 0.3 is 0 Å². The smallest absolute Gasteiger partial charge is 0.226 e. The fourth-order valence-electron chi connectivity index (χ4n) is 2.79. The van der Waals surface area contributed by atoms with E-state index in [9.17, 15) is 0 Å². The van der Waals surface area contributed by atoms with Crippen LogP contribution in [-0.2, 0) is 5.41 Å². The molecule has 3 rings (SSSR count). The minimum absolute atomic E-state index is 0.0336. The summed E-state index contributed by atoms with van der Waals surface area (Å²) in [5.41, 5.74) is 2.21. The van der Waals surface area contributed by atoms with E-state index in [2.05, 4.69) is 46.2 Å². The van der Waals surface area contributed by atoms with Gasteiger partial charge in [-0.1, -0.05) is 45.9 Å². The van der Waals surface area contributed by atoms with E-state index in [1.807, 2.05) is 39.1 Å². The van der Waals surface area contributed by atoms with Crippen molar-refractivity contribution in [1.82, 2.24) is 9.97 Å². The molecule has 0 bridgehead atoms. The minimum Gasteiger partial charge on any atom is -0.373 e. The van der Waals surface area contributed by atoms with Crippen LogP contribution in [0.5, 0.6) is 0 Å². The second-order valence-corrected chi connectivity index (χ2v) is 5.93. The van der Waals surface area contributed by atoms with Crippen molar-refractivity contribution < 1.29 is 0 Å². The van der Waals surface area contributed by atoms with E-state index in [1.165, 1.54) is 0 Å². The van der Waals surface area contributed by atoms with E-state index in [1.54, 1.807) is 0 Å². The number of para-hydroxylation sites is 1. The Morgan fingerprint density at radius 1 is 1.14 bits per heavy atom. The lowest BCUT2D eigenvalue weighted by Gasteiger charge is -2.21. The third kappa shape index (κ3) is 2.88. The second kappa shape index (κ2) is 6.53. The number of aromatic nitrogens is 2. The molecule has 1 aliphatic heterocycles. The molecular formula is C17H23ClN4. The Morgan fingerprint density at radius 2 is 1.77 bits per heavy atom. The Morgan fingerprint density at radius 3 is 2.36 bits per heavy atom. The quantitative estimate of drug-likeness (QED) is 0.820. The lowest BCUT2D eigenvalue weighted by Crippen LogP contribution is -2.25. The first kappa shape index (κ1) is 16.6. The average molecular weight is 319 g/mol. The molecule has 2 aromatic rings. The second-order valence-electron chi connectivity index (χ2n) is 5.60. The van der Waals surface area contributed by atoms with Crippen LogP contribution >= 0.6 is 11.6 Å². The van der Waals surface area contributed by atoms with Gasteiger partial charge in [-0.2, -0.15) is 4.98 Å². The van der Waals surface area contributed by atoms with Gasteiger partial charge in [0, 0.05) is 30.3 Å². The maximum Gasteiger partial charge on any atom is 0.226 e. The first-order valence-electron chi connectivity index (χ1n) is 7.61. The molecule has 1 aromatic carbocycles. The van der Waals surface area contributed by atoms with Gasteiger partial charge in [0.25, 0.3) is 0 Å². The average Bonchev–Trinajstić information content (AvgIpc) is 2.81.